The molecule has 2 N–H and O–H groups in total. The third-order valence-electron chi connectivity index (χ3n) is 1.61. The van der Waals surface area contributed by atoms with Crippen molar-refractivity contribution in [2.45, 2.75) is 51.0 Å². The molecule has 0 aromatic carbocycles. The molecule has 0 aliphatic rings. The molecule has 0 aromatic rings. The number of rotatable bonds is 3. The number of hydrogen-bond donors (Lipinski definition) is 2. The van der Waals surface area contributed by atoms with Gasteiger partial charge in [-0.2, -0.15) is 0 Å². The Kier molecular flexibility index (Phi) is 5.28. The maximum atomic E-state index is 11.6. The Morgan fingerprint density at radius 3 is 1.93 bits per heavy atom. The lowest BCUT2D eigenvalue weighted by Gasteiger charge is -2.23. The second-order valence-corrected chi connectivity index (χ2v) is 5.96. The molecule has 88 valence electrons. The maximum Gasteiger partial charge on any atom is 0.242 e. The Hall–Kier alpha value is -0.580. The molecule has 0 rings (SSSR count). The van der Waals surface area contributed by atoms with Crippen LogP contribution in [0.15, 0.2) is 0 Å². The summed E-state index contributed by atoms with van der Waals surface area (Å²) in [6.07, 6.45) is 0. The van der Waals surface area contributed by atoms with E-state index in [4.69, 9.17) is 0 Å². The van der Waals surface area contributed by atoms with Crippen LogP contribution in [0.1, 0.15) is 34.6 Å². The molecule has 0 aliphatic heterocycles. The van der Waals surface area contributed by atoms with Crippen molar-refractivity contribution in [1.82, 2.24) is 10.6 Å². The predicted molar refractivity (Wildman–Crippen MR) is 63.9 cm³/mol. The van der Waals surface area contributed by atoms with Crippen LogP contribution < -0.4 is 10.6 Å². The third-order valence-corrected chi connectivity index (χ3v) is 2.03. The smallest absolute Gasteiger partial charge is 0.242 e. The molecule has 0 fully saturated rings. The lowest BCUT2D eigenvalue weighted by Crippen LogP contribution is -2.51. The zero-order valence-electron chi connectivity index (χ0n) is 9.85. The number of halogens is 1. The summed E-state index contributed by atoms with van der Waals surface area (Å²) in [5, 5.41) is 5.40. The molecule has 15 heavy (non-hydrogen) atoms. The molecule has 4 nitrogen and oxygen atoms in total. The Labute approximate surface area is 99.3 Å². The van der Waals surface area contributed by atoms with Gasteiger partial charge < -0.3 is 10.6 Å². The highest BCUT2D eigenvalue weighted by molar-refractivity contribution is 9.10. The summed E-state index contributed by atoms with van der Waals surface area (Å²) in [4.78, 5) is 22.6. The van der Waals surface area contributed by atoms with Crippen molar-refractivity contribution >= 4 is 27.7 Å². The molecule has 0 saturated heterocycles. The van der Waals surface area contributed by atoms with Gasteiger partial charge in [0.05, 0.1) is 4.83 Å². The minimum absolute atomic E-state index is 0.177. The molecule has 0 radical (unpaired) electrons. The van der Waals surface area contributed by atoms with Gasteiger partial charge in [0.15, 0.2) is 0 Å². The zero-order valence-corrected chi connectivity index (χ0v) is 11.4. The van der Waals surface area contributed by atoms with Gasteiger partial charge in [0.25, 0.3) is 0 Å². The molecule has 5 heteroatoms. The molecule has 0 aliphatic carbocycles. The Balaban J connectivity index is 4.17. The number of carbonyl (C=O) groups is 2. The van der Waals surface area contributed by atoms with E-state index in [9.17, 15) is 9.59 Å². The molecule has 0 spiro atoms. The number of carbonyl (C=O) groups excluding carboxylic acids is 2. The third kappa shape index (κ3) is 6.49. The maximum absolute atomic E-state index is 11.6. The Morgan fingerprint density at radius 1 is 1.13 bits per heavy atom. The second kappa shape index (κ2) is 5.49. The summed E-state index contributed by atoms with van der Waals surface area (Å²) in [6.45, 7) is 9.06. The van der Waals surface area contributed by atoms with Crippen molar-refractivity contribution in [1.29, 1.82) is 0 Å². The lowest BCUT2D eigenvalue weighted by atomic mass is 10.1. The van der Waals surface area contributed by atoms with Crippen LogP contribution in [-0.4, -0.2) is 28.2 Å². The number of nitrogens with one attached hydrogen (secondary N) is 2. The second-order valence-electron chi connectivity index (χ2n) is 4.59. The van der Waals surface area contributed by atoms with Crippen LogP contribution in [0.5, 0.6) is 0 Å². The largest absolute Gasteiger partial charge is 0.350 e. The molecule has 0 heterocycles. The Morgan fingerprint density at radius 2 is 1.60 bits per heavy atom. The van der Waals surface area contributed by atoms with Crippen LogP contribution >= 0.6 is 15.9 Å². The Bertz CT molecular complexity index is 246. The van der Waals surface area contributed by atoms with E-state index >= 15 is 0 Å². The quantitative estimate of drug-likeness (QED) is 0.762. The van der Waals surface area contributed by atoms with Gasteiger partial charge in [-0.3, -0.25) is 9.59 Å². The van der Waals surface area contributed by atoms with E-state index in [1.807, 2.05) is 20.8 Å². The van der Waals surface area contributed by atoms with Gasteiger partial charge in [0.1, 0.15) is 6.04 Å². The van der Waals surface area contributed by atoms with Crippen molar-refractivity contribution in [3.05, 3.63) is 0 Å². The van der Waals surface area contributed by atoms with Gasteiger partial charge in [-0.05, 0) is 34.6 Å². The van der Waals surface area contributed by atoms with Crippen molar-refractivity contribution < 1.29 is 9.59 Å². The van der Waals surface area contributed by atoms with Crippen LogP contribution in [-0.2, 0) is 9.59 Å². The van der Waals surface area contributed by atoms with Crippen LogP contribution in [0.25, 0.3) is 0 Å². The molecule has 2 unspecified atom stereocenters. The normalized spacial score (nSPS) is 15.3. The van der Waals surface area contributed by atoms with E-state index in [-0.39, 0.29) is 22.2 Å². The minimum atomic E-state index is -0.517. The van der Waals surface area contributed by atoms with Gasteiger partial charge in [-0.25, -0.2) is 0 Å². The lowest BCUT2D eigenvalue weighted by molar-refractivity contribution is -0.129. The van der Waals surface area contributed by atoms with Crippen molar-refractivity contribution in [3.8, 4) is 0 Å². The molecular formula is C10H19BrN2O2. The summed E-state index contributed by atoms with van der Waals surface area (Å²) in [5.41, 5.74) is -0.282. The van der Waals surface area contributed by atoms with Gasteiger partial charge in [0, 0.05) is 5.54 Å². The highest BCUT2D eigenvalue weighted by atomic mass is 79.9. The monoisotopic (exact) mass is 278 g/mol. The summed E-state index contributed by atoms with van der Waals surface area (Å²) < 4.78 is 0. The molecule has 2 atom stereocenters. The van der Waals surface area contributed by atoms with Crippen LogP contribution in [0, 0.1) is 0 Å². The van der Waals surface area contributed by atoms with Crippen molar-refractivity contribution in [2.24, 2.45) is 0 Å². The van der Waals surface area contributed by atoms with E-state index < -0.39 is 6.04 Å². The van der Waals surface area contributed by atoms with Gasteiger partial charge >= 0.3 is 0 Å². The summed E-state index contributed by atoms with van der Waals surface area (Å²) >= 11 is 3.14. The van der Waals surface area contributed by atoms with E-state index in [1.54, 1.807) is 13.8 Å². The van der Waals surface area contributed by atoms with Gasteiger partial charge in [0.2, 0.25) is 11.8 Å². The predicted octanol–water partition coefficient (Wildman–Crippen LogP) is 1.19. The van der Waals surface area contributed by atoms with E-state index in [0.29, 0.717) is 0 Å². The first kappa shape index (κ1) is 14.4. The van der Waals surface area contributed by atoms with Gasteiger partial charge in [-0.15, -0.1) is 0 Å². The van der Waals surface area contributed by atoms with Crippen LogP contribution in [0.3, 0.4) is 0 Å². The first-order valence-electron chi connectivity index (χ1n) is 4.90. The van der Waals surface area contributed by atoms with E-state index in [2.05, 4.69) is 26.6 Å². The molecular weight excluding hydrogens is 260 g/mol. The first-order chi connectivity index (χ1) is 6.63. The van der Waals surface area contributed by atoms with E-state index in [1.165, 1.54) is 0 Å². The summed E-state index contributed by atoms with van der Waals surface area (Å²) in [6, 6.07) is -0.517. The standard InChI is InChI=1S/C10H19BrN2O2/c1-6(11)8(14)12-7(2)9(15)13-10(3,4)5/h6-7H,1-5H3,(H,12,14)(H,13,15). The molecule has 0 saturated carbocycles. The molecule has 0 bridgehead atoms. The minimum Gasteiger partial charge on any atom is -0.350 e. The average molecular weight is 279 g/mol. The first-order valence-corrected chi connectivity index (χ1v) is 5.81. The number of alkyl halides is 1. The van der Waals surface area contributed by atoms with Gasteiger partial charge in [-0.1, -0.05) is 15.9 Å². The average Bonchev–Trinajstić information content (AvgIpc) is 2.00. The summed E-state index contributed by atoms with van der Waals surface area (Å²) in [7, 11) is 0. The fourth-order valence-electron chi connectivity index (χ4n) is 0.872. The topological polar surface area (TPSA) is 58.2 Å². The summed E-state index contributed by atoms with van der Waals surface area (Å²) in [5.74, 6) is -0.365. The fourth-order valence-corrected chi connectivity index (χ4v) is 1.00. The van der Waals surface area contributed by atoms with Crippen LogP contribution in [0.2, 0.25) is 0 Å². The molecule has 0 aromatic heterocycles. The number of amides is 2. The van der Waals surface area contributed by atoms with E-state index in [0.717, 1.165) is 0 Å². The van der Waals surface area contributed by atoms with Crippen molar-refractivity contribution in [2.75, 3.05) is 0 Å². The SMILES string of the molecule is CC(Br)C(=O)NC(C)C(=O)NC(C)(C)C. The zero-order chi connectivity index (χ0) is 12.2. The fraction of sp³-hybridized carbons (Fsp3) is 0.800. The highest BCUT2D eigenvalue weighted by Crippen LogP contribution is 2.01. The van der Waals surface area contributed by atoms with Crippen LogP contribution in [0.4, 0.5) is 0 Å². The van der Waals surface area contributed by atoms with Crippen molar-refractivity contribution in [3.63, 3.8) is 0 Å². The number of hydrogen-bond acceptors (Lipinski definition) is 2. The highest BCUT2D eigenvalue weighted by Gasteiger charge is 2.21. The molecule has 2 amide bonds.